The van der Waals surface area contributed by atoms with Gasteiger partial charge in [0.15, 0.2) is 0 Å². The fourth-order valence-electron chi connectivity index (χ4n) is 1.99. The summed E-state index contributed by atoms with van der Waals surface area (Å²) in [5.41, 5.74) is 1.03. The Bertz CT molecular complexity index is 236. The summed E-state index contributed by atoms with van der Waals surface area (Å²) in [5.74, 6) is -0.419. The van der Waals surface area contributed by atoms with Crippen molar-refractivity contribution in [3.63, 3.8) is 0 Å². The van der Waals surface area contributed by atoms with E-state index in [4.69, 9.17) is 14.2 Å². The van der Waals surface area contributed by atoms with Gasteiger partial charge in [-0.25, -0.2) is 4.99 Å². The highest BCUT2D eigenvalue weighted by Crippen LogP contribution is 2.24. The van der Waals surface area contributed by atoms with E-state index in [1.807, 2.05) is 6.92 Å². The Balaban J connectivity index is 5.05. The van der Waals surface area contributed by atoms with Crippen LogP contribution in [0.15, 0.2) is 4.99 Å². The molecule has 0 fully saturated rings. The Morgan fingerprint density at radius 1 is 1.24 bits per heavy atom. The van der Waals surface area contributed by atoms with E-state index in [9.17, 15) is 0 Å². The predicted octanol–water partition coefficient (Wildman–Crippen LogP) is 1.24. The monoisotopic (exact) mass is 261 g/mol. The van der Waals surface area contributed by atoms with Crippen LogP contribution < -0.4 is 0 Å². The first kappa shape index (κ1) is 16.8. The molecule has 5 heteroatoms. The number of hydrogen-bond acceptors (Lipinski definition) is 4. The molecule has 102 valence electrons. The van der Waals surface area contributed by atoms with Gasteiger partial charge in [0.1, 0.15) is 6.10 Å². The molecule has 0 N–H and O–H groups in total. The van der Waals surface area contributed by atoms with Crippen molar-refractivity contribution in [3.8, 4) is 0 Å². The van der Waals surface area contributed by atoms with Crippen molar-refractivity contribution in [1.29, 1.82) is 0 Å². The van der Waals surface area contributed by atoms with Crippen LogP contribution in [0.3, 0.4) is 0 Å². The zero-order valence-corrected chi connectivity index (χ0v) is 14.2. The summed E-state index contributed by atoms with van der Waals surface area (Å²) in [5, 5.41) is 0. The van der Waals surface area contributed by atoms with Gasteiger partial charge in [-0.05, 0) is 25.3 Å². The average molecular weight is 261 g/mol. The number of methoxy groups -OCH3 is 3. The fraction of sp³-hybridized carbons (Fsp3) is 0.917. The molecule has 0 rings (SSSR count). The largest absolute Gasteiger partial charge is 0.374 e. The summed E-state index contributed by atoms with van der Waals surface area (Å²) in [6, 6.07) is 0.913. The smallest absolute Gasteiger partial charge is 0.296 e. The van der Waals surface area contributed by atoms with Crippen molar-refractivity contribution in [2.24, 2.45) is 10.9 Å². The molecular formula is C12H27NO3Si. The highest BCUT2D eigenvalue weighted by atomic mass is 28.1. The maximum atomic E-state index is 5.47. The lowest BCUT2D eigenvalue weighted by atomic mass is 10.1. The first-order valence-corrected chi connectivity index (χ1v) is 7.55. The molecule has 0 aliphatic rings. The molecule has 0 aliphatic heterocycles. The van der Waals surface area contributed by atoms with Crippen LogP contribution in [0.4, 0.5) is 0 Å². The summed E-state index contributed by atoms with van der Waals surface area (Å²) in [7, 11) is 5.91. The number of aliphatic imine (C=N–C) groups is 1. The van der Waals surface area contributed by atoms with Gasteiger partial charge in [0, 0.05) is 37.3 Å². The quantitative estimate of drug-likeness (QED) is 0.375. The van der Waals surface area contributed by atoms with E-state index >= 15 is 0 Å². The van der Waals surface area contributed by atoms with E-state index in [1.165, 1.54) is 0 Å². The Morgan fingerprint density at radius 3 is 2.06 bits per heavy atom. The first-order chi connectivity index (χ1) is 7.95. The van der Waals surface area contributed by atoms with Crippen LogP contribution in [0, 0.1) is 5.92 Å². The minimum Gasteiger partial charge on any atom is -0.374 e. The van der Waals surface area contributed by atoms with Crippen molar-refractivity contribution in [2.75, 3.05) is 21.3 Å². The number of hydrogen-bond donors (Lipinski definition) is 0. The Hall–Kier alpha value is -0.233. The van der Waals surface area contributed by atoms with Gasteiger partial charge in [-0.1, -0.05) is 13.8 Å². The predicted molar refractivity (Wildman–Crippen MR) is 74.9 cm³/mol. The molecule has 0 radical (unpaired) electrons. The van der Waals surface area contributed by atoms with Gasteiger partial charge in [0.05, 0.1) is 0 Å². The summed E-state index contributed by atoms with van der Waals surface area (Å²) in [6.45, 7) is 6.34. The third-order valence-electron chi connectivity index (χ3n) is 2.70. The van der Waals surface area contributed by atoms with E-state index in [-0.39, 0.29) is 6.10 Å². The molecule has 0 amide bonds. The molecule has 4 nitrogen and oxygen atoms in total. The summed E-state index contributed by atoms with van der Waals surface area (Å²) < 4.78 is 16.4. The van der Waals surface area contributed by atoms with Crippen LogP contribution in [0.25, 0.3) is 0 Å². The minimum atomic E-state index is -0.991. The van der Waals surface area contributed by atoms with Gasteiger partial charge < -0.3 is 14.2 Å². The van der Waals surface area contributed by atoms with Crippen molar-refractivity contribution < 1.29 is 14.2 Å². The lowest BCUT2D eigenvalue weighted by Crippen LogP contribution is -2.46. The molecular weight excluding hydrogens is 234 g/mol. The maximum Gasteiger partial charge on any atom is 0.296 e. The average Bonchev–Trinajstić information content (AvgIpc) is 2.27. The van der Waals surface area contributed by atoms with Crippen LogP contribution in [0.2, 0.25) is 6.04 Å². The van der Waals surface area contributed by atoms with E-state index in [2.05, 4.69) is 18.8 Å². The van der Waals surface area contributed by atoms with E-state index in [0.717, 1.165) is 28.4 Å². The Kier molecular flexibility index (Phi) is 7.86. The zero-order valence-electron chi connectivity index (χ0n) is 12.2. The number of nitrogens with zero attached hydrogens (tertiary/aromatic N) is 1. The first-order valence-electron chi connectivity index (χ1n) is 6.14. The lowest BCUT2D eigenvalue weighted by molar-refractivity contribution is -0.254. The molecule has 0 aromatic heterocycles. The summed E-state index contributed by atoms with van der Waals surface area (Å²) in [6.07, 6.45) is 0.790. The van der Waals surface area contributed by atoms with Gasteiger partial charge >= 0.3 is 0 Å². The molecule has 0 spiro atoms. The molecule has 0 aromatic rings. The second-order valence-corrected chi connectivity index (χ2v) is 5.43. The molecule has 0 saturated heterocycles. The second-order valence-electron chi connectivity index (χ2n) is 4.62. The Labute approximate surface area is 108 Å². The third kappa shape index (κ3) is 4.87. The van der Waals surface area contributed by atoms with E-state index < -0.39 is 5.91 Å². The SMILES string of the molecule is COC(C[SiH3])C(N=C(C)CC(C)C)(OC)OC. The van der Waals surface area contributed by atoms with Crippen LogP contribution in [0.1, 0.15) is 27.2 Å². The number of ether oxygens (including phenoxy) is 3. The maximum absolute atomic E-state index is 5.47. The summed E-state index contributed by atoms with van der Waals surface area (Å²) >= 11 is 0. The topological polar surface area (TPSA) is 40.0 Å². The van der Waals surface area contributed by atoms with Gasteiger partial charge in [-0.15, -0.1) is 0 Å². The molecule has 17 heavy (non-hydrogen) atoms. The zero-order chi connectivity index (χ0) is 13.5. The highest BCUT2D eigenvalue weighted by molar-refractivity contribution is 6.09. The van der Waals surface area contributed by atoms with Crippen LogP contribution >= 0.6 is 0 Å². The Morgan fingerprint density at radius 2 is 1.76 bits per heavy atom. The van der Waals surface area contributed by atoms with E-state index in [1.54, 1.807) is 21.3 Å². The molecule has 0 aromatic carbocycles. The standard InChI is InChI=1S/C12H27NO3Si/c1-9(2)7-10(3)13-12(15-5,16-6)11(8-17)14-4/h9,11H,7-8H2,1-6,17H3. The van der Waals surface area contributed by atoms with Crippen molar-refractivity contribution in [2.45, 2.75) is 45.3 Å². The van der Waals surface area contributed by atoms with Crippen LogP contribution in [0.5, 0.6) is 0 Å². The molecule has 1 unspecified atom stereocenters. The second kappa shape index (κ2) is 7.97. The van der Waals surface area contributed by atoms with Crippen molar-refractivity contribution in [1.82, 2.24) is 0 Å². The molecule has 1 atom stereocenters. The van der Waals surface area contributed by atoms with Crippen molar-refractivity contribution >= 4 is 16.0 Å². The lowest BCUT2D eigenvalue weighted by Gasteiger charge is -2.33. The van der Waals surface area contributed by atoms with Gasteiger partial charge in [-0.2, -0.15) is 0 Å². The van der Waals surface area contributed by atoms with E-state index in [0.29, 0.717) is 5.92 Å². The van der Waals surface area contributed by atoms with Gasteiger partial charge in [0.2, 0.25) is 0 Å². The highest BCUT2D eigenvalue weighted by Gasteiger charge is 2.38. The van der Waals surface area contributed by atoms with Crippen molar-refractivity contribution in [3.05, 3.63) is 0 Å². The molecule has 0 aliphatic carbocycles. The minimum absolute atomic E-state index is 0.147. The van der Waals surface area contributed by atoms with Gasteiger partial charge in [-0.3, -0.25) is 0 Å². The van der Waals surface area contributed by atoms with Crippen LogP contribution in [-0.4, -0.2) is 49.3 Å². The van der Waals surface area contributed by atoms with Crippen LogP contribution in [-0.2, 0) is 14.2 Å². The normalized spacial score (nSPS) is 15.6. The molecule has 0 saturated carbocycles. The third-order valence-corrected chi connectivity index (χ3v) is 3.44. The molecule has 0 bridgehead atoms. The molecule has 0 heterocycles. The summed E-state index contributed by atoms with van der Waals surface area (Å²) in [4.78, 5) is 4.60. The number of rotatable bonds is 8. The van der Waals surface area contributed by atoms with Gasteiger partial charge in [0.25, 0.3) is 5.91 Å². The fourth-order valence-corrected chi connectivity index (χ4v) is 2.83.